The summed E-state index contributed by atoms with van der Waals surface area (Å²) in [5.41, 5.74) is 0.330. The number of nitrogens with one attached hydrogen (secondary N) is 1. The number of hydrogen-bond acceptors (Lipinski definition) is 7. The van der Waals surface area contributed by atoms with Crippen LogP contribution < -0.4 is 5.32 Å². The van der Waals surface area contributed by atoms with Crippen LogP contribution >= 0.6 is 46.3 Å². The van der Waals surface area contributed by atoms with Gasteiger partial charge in [-0.3, -0.25) is 9.36 Å². The van der Waals surface area contributed by atoms with Crippen LogP contribution in [-0.2, 0) is 18.5 Å². The van der Waals surface area contributed by atoms with Gasteiger partial charge >= 0.3 is 6.18 Å². The minimum absolute atomic E-state index is 0.0646. The van der Waals surface area contributed by atoms with Crippen LogP contribution in [0.15, 0.2) is 75.8 Å². The average molecular weight is 610 g/mol. The van der Waals surface area contributed by atoms with E-state index < -0.39 is 17.6 Å². The molecule has 7 nitrogen and oxygen atoms in total. The van der Waals surface area contributed by atoms with Crippen molar-refractivity contribution in [3.05, 3.63) is 98.1 Å². The summed E-state index contributed by atoms with van der Waals surface area (Å²) in [6, 6.07) is 13.4. The van der Waals surface area contributed by atoms with Crippen molar-refractivity contribution in [2.75, 3.05) is 0 Å². The third-order valence-electron chi connectivity index (χ3n) is 5.34. The number of halogens is 5. The predicted octanol–water partition coefficient (Wildman–Crippen LogP) is 7.53. The number of furan rings is 1. The van der Waals surface area contributed by atoms with Crippen LogP contribution in [0.5, 0.6) is 0 Å². The first kappa shape index (κ1) is 27.3. The monoisotopic (exact) mass is 609 g/mol. The van der Waals surface area contributed by atoms with Crippen molar-refractivity contribution in [2.45, 2.75) is 23.6 Å². The second kappa shape index (κ2) is 11.4. The Morgan fingerprint density at radius 2 is 1.95 bits per heavy atom. The number of hydrogen-bond donors (Lipinski definition) is 1. The van der Waals surface area contributed by atoms with E-state index in [-0.39, 0.29) is 12.2 Å². The van der Waals surface area contributed by atoms with Gasteiger partial charge in [0.25, 0.3) is 5.91 Å². The van der Waals surface area contributed by atoms with Crippen molar-refractivity contribution in [1.82, 2.24) is 25.1 Å². The van der Waals surface area contributed by atoms with Gasteiger partial charge in [-0.25, -0.2) is 4.98 Å². The highest BCUT2D eigenvalue weighted by Gasteiger charge is 2.30. The number of rotatable bonds is 8. The predicted molar refractivity (Wildman–Crippen MR) is 143 cm³/mol. The summed E-state index contributed by atoms with van der Waals surface area (Å²) in [7, 11) is 0. The molecule has 0 aliphatic carbocycles. The molecule has 0 saturated carbocycles. The Morgan fingerprint density at radius 1 is 1.10 bits per heavy atom. The third-order valence-corrected chi connectivity index (χ3v) is 7.85. The smallest absolute Gasteiger partial charge is 0.416 e. The molecule has 0 aliphatic heterocycles. The highest BCUT2D eigenvalue weighted by atomic mass is 35.5. The fourth-order valence-corrected chi connectivity index (χ4v) is 5.78. The number of carbonyl (C=O) groups is 1. The zero-order valence-electron chi connectivity index (χ0n) is 19.6. The zero-order chi connectivity index (χ0) is 27.6. The molecule has 0 spiro atoms. The molecule has 3 heterocycles. The molecule has 0 fully saturated rings. The summed E-state index contributed by atoms with van der Waals surface area (Å²) >= 11 is 15.2. The van der Waals surface area contributed by atoms with Crippen molar-refractivity contribution in [2.24, 2.45) is 0 Å². The molecule has 2 aromatic carbocycles. The number of alkyl halides is 3. The van der Waals surface area contributed by atoms with Crippen molar-refractivity contribution in [1.29, 1.82) is 0 Å². The second-order valence-corrected chi connectivity index (χ2v) is 10.7. The van der Waals surface area contributed by atoms with Gasteiger partial charge in [0, 0.05) is 16.9 Å². The molecule has 0 unspecified atom stereocenters. The Hall–Kier alpha value is -3.32. The largest absolute Gasteiger partial charge is 0.461 e. The lowest BCUT2D eigenvalue weighted by molar-refractivity contribution is -0.137. The van der Waals surface area contributed by atoms with E-state index in [1.807, 2.05) is 0 Å². The van der Waals surface area contributed by atoms with Gasteiger partial charge in [-0.1, -0.05) is 47.1 Å². The van der Waals surface area contributed by atoms with Crippen molar-refractivity contribution < 1.29 is 22.4 Å². The summed E-state index contributed by atoms with van der Waals surface area (Å²) in [5, 5.41) is 14.8. The summed E-state index contributed by atoms with van der Waals surface area (Å²) < 4.78 is 46.1. The van der Waals surface area contributed by atoms with Gasteiger partial charge < -0.3 is 9.73 Å². The van der Waals surface area contributed by atoms with Gasteiger partial charge in [-0.05, 0) is 48.0 Å². The van der Waals surface area contributed by atoms with Gasteiger partial charge in [0.2, 0.25) is 5.82 Å². The average Bonchev–Trinajstić information content (AvgIpc) is 3.67. The molecule has 3 aromatic heterocycles. The molecule has 14 heteroatoms. The maximum atomic E-state index is 12.9. The zero-order valence-corrected chi connectivity index (χ0v) is 22.7. The number of benzene rings is 2. The number of thioether (sulfide) groups is 1. The molecule has 200 valence electrons. The molecule has 0 aliphatic rings. The van der Waals surface area contributed by atoms with E-state index >= 15 is 0 Å². The lowest BCUT2D eigenvalue weighted by Gasteiger charge is -2.11. The highest BCUT2D eigenvalue weighted by molar-refractivity contribution is 7.98. The Morgan fingerprint density at radius 3 is 2.69 bits per heavy atom. The van der Waals surface area contributed by atoms with Gasteiger partial charge in [0.05, 0.1) is 28.3 Å². The number of thiazole rings is 1. The molecule has 39 heavy (non-hydrogen) atoms. The normalized spacial score (nSPS) is 11.6. The molecule has 0 radical (unpaired) electrons. The molecule has 0 atom stereocenters. The van der Waals surface area contributed by atoms with E-state index in [9.17, 15) is 18.0 Å². The van der Waals surface area contributed by atoms with Gasteiger partial charge in [-0.2, -0.15) is 13.2 Å². The SMILES string of the molecule is O=C(NCc1cccc(C(F)(F)F)c1)c1csc(CSc2nnc(-c3ccco3)n2-c2ccc(Cl)cc2Cl)n1. The maximum absolute atomic E-state index is 12.9. The van der Waals surface area contributed by atoms with Gasteiger partial charge in [-0.15, -0.1) is 21.5 Å². The molecule has 1 amide bonds. The standard InChI is InChI=1S/C25H16Cl2F3N5O2S2/c26-16-6-7-19(17(27)10-16)35-22(20-5-2-8-37-20)33-34-24(35)39-13-21-32-18(12-38-21)23(36)31-11-14-3-1-4-15(9-14)25(28,29)30/h1-10,12H,11,13H2,(H,31,36). The number of carbonyl (C=O) groups excluding carboxylic acids is 1. The minimum atomic E-state index is -4.46. The first-order valence-electron chi connectivity index (χ1n) is 11.2. The summed E-state index contributed by atoms with van der Waals surface area (Å²) in [5.74, 6) is 0.818. The van der Waals surface area contributed by atoms with E-state index in [1.165, 1.54) is 41.5 Å². The summed E-state index contributed by atoms with van der Waals surface area (Å²) in [6.07, 6.45) is -2.93. The van der Waals surface area contributed by atoms with Crippen LogP contribution in [0, 0.1) is 0 Å². The molecular formula is C25H16Cl2F3N5O2S2. The molecular weight excluding hydrogens is 594 g/mol. The van der Waals surface area contributed by atoms with Crippen molar-refractivity contribution in [3.63, 3.8) is 0 Å². The Labute approximate surface area is 238 Å². The van der Waals surface area contributed by atoms with E-state index in [0.29, 0.717) is 48.8 Å². The van der Waals surface area contributed by atoms with E-state index in [0.717, 1.165) is 12.1 Å². The van der Waals surface area contributed by atoms with E-state index in [4.69, 9.17) is 27.6 Å². The third kappa shape index (κ3) is 6.30. The van der Waals surface area contributed by atoms with Gasteiger partial charge in [0.1, 0.15) is 10.7 Å². The van der Waals surface area contributed by atoms with Crippen molar-refractivity contribution in [3.8, 4) is 17.3 Å². The van der Waals surface area contributed by atoms with Crippen molar-refractivity contribution >= 4 is 52.2 Å². The Balaban J connectivity index is 1.29. The molecule has 1 N–H and O–H groups in total. The quantitative estimate of drug-likeness (QED) is 0.183. The maximum Gasteiger partial charge on any atom is 0.416 e. The van der Waals surface area contributed by atoms with Crippen LogP contribution in [0.2, 0.25) is 10.0 Å². The Bertz CT molecular complexity index is 1620. The number of nitrogens with zero attached hydrogens (tertiary/aromatic N) is 4. The number of aromatic nitrogens is 4. The van der Waals surface area contributed by atoms with Crippen LogP contribution in [0.1, 0.15) is 26.6 Å². The second-order valence-electron chi connectivity index (χ2n) is 8.01. The van der Waals surface area contributed by atoms with E-state index in [2.05, 4.69) is 20.5 Å². The fraction of sp³-hybridized carbons (Fsp3) is 0.120. The Kier molecular flexibility index (Phi) is 7.98. The lowest BCUT2D eigenvalue weighted by atomic mass is 10.1. The molecule has 5 aromatic rings. The van der Waals surface area contributed by atoms with Crippen LogP contribution in [-0.4, -0.2) is 25.7 Å². The minimum Gasteiger partial charge on any atom is -0.461 e. The van der Waals surface area contributed by atoms with E-state index in [1.54, 1.807) is 40.3 Å². The number of amides is 1. The highest BCUT2D eigenvalue weighted by Crippen LogP contribution is 2.34. The molecule has 5 rings (SSSR count). The summed E-state index contributed by atoms with van der Waals surface area (Å²) in [4.78, 5) is 16.9. The fourth-order valence-electron chi connectivity index (χ4n) is 3.55. The topological polar surface area (TPSA) is 85.8 Å². The lowest BCUT2D eigenvalue weighted by Crippen LogP contribution is -2.23. The summed E-state index contributed by atoms with van der Waals surface area (Å²) in [6.45, 7) is -0.0646. The van der Waals surface area contributed by atoms with Gasteiger partial charge in [0.15, 0.2) is 10.9 Å². The van der Waals surface area contributed by atoms with Crippen LogP contribution in [0.3, 0.4) is 0 Å². The molecule has 0 saturated heterocycles. The first-order chi connectivity index (χ1) is 18.7. The molecule has 0 bridgehead atoms. The van der Waals surface area contributed by atoms with Crippen LogP contribution in [0.25, 0.3) is 17.3 Å². The first-order valence-corrected chi connectivity index (χ1v) is 13.8. The van der Waals surface area contributed by atoms with Crippen LogP contribution in [0.4, 0.5) is 13.2 Å².